The van der Waals surface area contributed by atoms with Crippen LogP contribution < -0.4 is 10.9 Å². The van der Waals surface area contributed by atoms with Crippen molar-refractivity contribution in [3.8, 4) is 0 Å². The molecule has 0 aromatic heterocycles. The predicted molar refractivity (Wildman–Crippen MR) is 71.8 cm³/mol. The summed E-state index contributed by atoms with van der Waals surface area (Å²) in [6, 6.07) is 2.95. The molecular weight excluding hydrogens is 282 g/mol. The van der Waals surface area contributed by atoms with Crippen molar-refractivity contribution in [3.63, 3.8) is 0 Å². The minimum atomic E-state index is -0.397. The molecule has 0 saturated carbocycles. The summed E-state index contributed by atoms with van der Waals surface area (Å²) in [5.74, 6) is -0.397. The van der Waals surface area contributed by atoms with Gasteiger partial charge in [-0.2, -0.15) is 0 Å². The normalized spacial score (nSPS) is 11.4. The second kappa shape index (κ2) is 5.44. The summed E-state index contributed by atoms with van der Waals surface area (Å²) in [5.41, 5.74) is 5.33. The first-order chi connectivity index (χ1) is 7.70. The molecule has 0 fully saturated rings. The molecule has 2 N–H and O–H groups in total. The quantitative estimate of drug-likeness (QED) is 0.817. The van der Waals surface area contributed by atoms with E-state index in [1.54, 1.807) is 0 Å². The van der Waals surface area contributed by atoms with Gasteiger partial charge in [-0.05, 0) is 32.9 Å². The zero-order valence-corrected chi connectivity index (χ0v) is 12.0. The third-order valence-corrected chi connectivity index (χ3v) is 2.60. The Morgan fingerprint density at radius 1 is 1.12 bits per heavy atom. The highest BCUT2D eigenvalue weighted by atomic mass is 35.5. The van der Waals surface area contributed by atoms with E-state index in [9.17, 15) is 4.79 Å². The van der Waals surface area contributed by atoms with Crippen LogP contribution in [0.5, 0.6) is 0 Å². The number of carbonyl (C=O) groups is 1. The lowest BCUT2D eigenvalue weighted by Crippen LogP contribution is -2.48. The molecule has 0 atom stereocenters. The molecule has 1 rings (SSSR count). The highest BCUT2D eigenvalue weighted by Crippen LogP contribution is 2.28. The van der Waals surface area contributed by atoms with Gasteiger partial charge in [0.05, 0.1) is 15.6 Å². The Bertz CT molecular complexity index is 418. The second-order valence-corrected chi connectivity index (χ2v) is 5.82. The van der Waals surface area contributed by atoms with Crippen LogP contribution in [0.4, 0.5) is 0 Å². The molecule has 0 heterocycles. The van der Waals surface area contributed by atoms with Crippen molar-refractivity contribution in [1.29, 1.82) is 0 Å². The third-order valence-electron chi connectivity index (χ3n) is 1.78. The van der Waals surface area contributed by atoms with E-state index in [2.05, 4.69) is 10.9 Å². The number of rotatable bonds is 2. The second-order valence-electron chi connectivity index (χ2n) is 4.57. The molecule has 1 amide bonds. The van der Waals surface area contributed by atoms with Crippen LogP contribution in [0.15, 0.2) is 12.1 Å². The van der Waals surface area contributed by atoms with Crippen LogP contribution in [-0.4, -0.2) is 11.4 Å². The Balaban J connectivity index is 2.90. The first kappa shape index (κ1) is 14.6. The number of carbonyl (C=O) groups excluding carboxylic acids is 1. The van der Waals surface area contributed by atoms with E-state index in [0.29, 0.717) is 5.02 Å². The van der Waals surface area contributed by atoms with E-state index in [-0.39, 0.29) is 21.1 Å². The first-order valence-electron chi connectivity index (χ1n) is 4.93. The molecular formula is C11H13Cl3N2O. The molecule has 0 aliphatic heterocycles. The molecule has 1 aromatic carbocycles. The summed E-state index contributed by atoms with van der Waals surface area (Å²) >= 11 is 17.6. The van der Waals surface area contributed by atoms with Crippen molar-refractivity contribution in [2.24, 2.45) is 0 Å². The van der Waals surface area contributed by atoms with E-state index < -0.39 is 5.91 Å². The summed E-state index contributed by atoms with van der Waals surface area (Å²) in [5, 5.41) is 0.826. The molecule has 17 heavy (non-hydrogen) atoms. The van der Waals surface area contributed by atoms with Crippen LogP contribution in [0.25, 0.3) is 0 Å². The molecule has 0 spiro atoms. The van der Waals surface area contributed by atoms with E-state index in [4.69, 9.17) is 34.8 Å². The maximum atomic E-state index is 11.9. The molecule has 0 radical (unpaired) electrons. The van der Waals surface area contributed by atoms with Gasteiger partial charge in [-0.25, -0.2) is 5.43 Å². The molecule has 0 aliphatic carbocycles. The Hall–Kier alpha value is -0.480. The van der Waals surface area contributed by atoms with Crippen molar-refractivity contribution in [2.75, 3.05) is 0 Å². The highest BCUT2D eigenvalue weighted by Gasteiger charge is 2.17. The topological polar surface area (TPSA) is 41.1 Å². The van der Waals surface area contributed by atoms with Gasteiger partial charge >= 0.3 is 0 Å². The highest BCUT2D eigenvalue weighted by molar-refractivity contribution is 6.42. The fraction of sp³-hybridized carbons (Fsp3) is 0.364. The van der Waals surface area contributed by atoms with Crippen LogP contribution in [-0.2, 0) is 0 Å². The van der Waals surface area contributed by atoms with Crippen LogP contribution in [0.1, 0.15) is 31.1 Å². The van der Waals surface area contributed by atoms with Gasteiger partial charge in [0, 0.05) is 10.6 Å². The van der Waals surface area contributed by atoms with E-state index >= 15 is 0 Å². The van der Waals surface area contributed by atoms with Gasteiger partial charge < -0.3 is 0 Å². The van der Waals surface area contributed by atoms with E-state index in [0.717, 1.165) is 0 Å². The molecule has 0 aliphatic rings. The van der Waals surface area contributed by atoms with Crippen molar-refractivity contribution in [3.05, 3.63) is 32.8 Å². The van der Waals surface area contributed by atoms with Gasteiger partial charge in [0.1, 0.15) is 0 Å². The smallest absolute Gasteiger partial charge is 0.268 e. The fourth-order valence-corrected chi connectivity index (χ4v) is 2.05. The Labute approximate surface area is 115 Å². The van der Waals surface area contributed by atoms with Gasteiger partial charge in [-0.3, -0.25) is 10.2 Å². The standard InChI is InChI=1S/C11H13Cl3N2O/c1-11(2,3)16-15-10(17)9-7(13)4-6(12)5-8(9)14/h4-5,16H,1-3H3,(H,15,17). The average Bonchev–Trinajstić information content (AvgIpc) is 2.11. The summed E-state index contributed by atoms with van der Waals surface area (Å²) in [6.07, 6.45) is 0. The molecule has 1 aromatic rings. The lowest BCUT2D eigenvalue weighted by atomic mass is 10.1. The Morgan fingerprint density at radius 2 is 1.59 bits per heavy atom. The van der Waals surface area contributed by atoms with Crippen molar-refractivity contribution >= 4 is 40.7 Å². The molecule has 0 bridgehead atoms. The predicted octanol–water partition coefficient (Wildman–Crippen LogP) is 3.68. The zero-order chi connectivity index (χ0) is 13.2. The number of amides is 1. The third kappa shape index (κ3) is 4.36. The largest absolute Gasteiger partial charge is 0.287 e. The number of hydrogen-bond acceptors (Lipinski definition) is 2. The number of nitrogens with one attached hydrogen (secondary N) is 2. The average molecular weight is 296 g/mol. The Kier molecular flexibility index (Phi) is 4.67. The van der Waals surface area contributed by atoms with Crippen LogP contribution in [0.3, 0.4) is 0 Å². The molecule has 94 valence electrons. The van der Waals surface area contributed by atoms with Gasteiger partial charge in [-0.15, -0.1) is 0 Å². The molecule has 3 nitrogen and oxygen atoms in total. The van der Waals surface area contributed by atoms with Gasteiger partial charge in [0.2, 0.25) is 0 Å². The van der Waals surface area contributed by atoms with Crippen molar-refractivity contribution in [2.45, 2.75) is 26.3 Å². The molecule has 0 unspecified atom stereocenters. The van der Waals surface area contributed by atoms with E-state index in [1.807, 2.05) is 20.8 Å². The summed E-state index contributed by atoms with van der Waals surface area (Å²) in [6.45, 7) is 5.75. The Morgan fingerprint density at radius 3 is 2.00 bits per heavy atom. The van der Waals surface area contributed by atoms with Crippen LogP contribution in [0.2, 0.25) is 15.1 Å². The number of hydrazine groups is 1. The number of benzene rings is 1. The molecule has 0 saturated heterocycles. The number of hydrogen-bond donors (Lipinski definition) is 2. The minimum absolute atomic E-state index is 0.203. The van der Waals surface area contributed by atoms with Gasteiger partial charge in [0.25, 0.3) is 5.91 Å². The maximum Gasteiger partial charge on any atom is 0.268 e. The lowest BCUT2D eigenvalue weighted by molar-refractivity contribution is 0.0914. The fourth-order valence-electron chi connectivity index (χ4n) is 1.07. The minimum Gasteiger partial charge on any atom is -0.287 e. The van der Waals surface area contributed by atoms with Crippen molar-refractivity contribution in [1.82, 2.24) is 10.9 Å². The first-order valence-corrected chi connectivity index (χ1v) is 6.06. The van der Waals surface area contributed by atoms with Crippen molar-refractivity contribution < 1.29 is 4.79 Å². The molecule has 6 heteroatoms. The summed E-state index contributed by atoms with van der Waals surface area (Å²) < 4.78 is 0. The van der Waals surface area contributed by atoms with E-state index in [1.165, 1.54) is 12.1 Å². The SMILES string of the molecule is CC(C)(C)NNC(=O)c1c(Cl)cc(Cl)cc1Cl. The van der Waals surface area contributed by atoms with Gasteiger partial charge in [-0.1, -0.05) is 34.8 Å². The zero-order valence-electron chi connectivity index (χ0n) is 9.70. The summed E-state index contributed by atoms with van der Waals surface area (Å²) in [4.78, 5) is 11.9. The van der Waals surface area contributed by atoms with Gasteiger partial charge in [0.15, 0.2) is 0 Å². The lowest BCUT2D eigenvalue weighted by Gasteiger charge is -2.21. The number of halogens is 3. The monoisotopic (exact) mass is 294 g/mol. The summed E-state index contributed by atoms with van der Waals surface area (Å²) in [7, 11) is 0. The maximum absolute atomic E-state index is 11.9. The van der Waals surface area contributed by atoms with Crippen LogP contribution >= 0.6 is 34.8 Å². The van der Waals surface area contributed by atoms with Crippen LogP contribution in [0, 0.1) is 0 Å².